The molecule has 0 saturated heterocycles. The number of benzene rings is 2. The van der Waals surface area contributed by atoms with E-state index in [1.54, 1.807) is 7.11 Å². The molecule has 0 aliphatic rings. The van der Waals surface area contributed by atoms with E-state index in [0.717, 1.165) is 28.7 Å². The van der Waals surface area contributed by atoms with Crippen LogP contribution in [0.15, 0.2) is 71.1 Å². The fraction of sp³-hybridized carbons (Fsp3) is 0.208. The van der Waals surface area contributed by atoms with E-state index in [-0.39, 0.29) is 18.0 Å². The Morgan fingerprint density at radius 2 is 1.77 bits per heavy atom. The smallest absolute Gasteiger partial charge is 0.263 e. The van der Waals surface area contributed by atoms with Crippen LogP contribution >= 0.6 is 11.3 Å². The van der Waals surface area contributed by atoms with Crippen LogP contribution in [0.4, 0.5) is 0 Å². The third-order valence-electron chi connectivity index (χ3n) is 5.03. The molecule has 158 valence electrons. The van der Waals surface area contributed by atoms with E-state index >= 15 is 0 Å². The van der Waals surface area contributed by atoms with Crippen LogP contribution in [-0.2, 0) is 16.1 Å². The lowest BCUT2D eigenvalue weighted by atomic mass is 10.0. The Morgan fingerprint density at radius 3 is 2.52 bits per heavy atom. The Bertz CT molecular complexity index is 1230. The molecule has 31 heavy (non-hydrogen) atoms. The molecule has 1 N–H and O–H groups in total. The summed E-state index contributed by atoms with van der Waals surface area (Å²) in [7, 11) is 1.62. The Kier molecular flexibility index (Phi) is 6.54. The molecule has 2 heterocycles. The normalized spacial score (nSPS) is 11.0. The third-order valence-corrected chi connectivity index (χ3v) is 5.91. The lowest BCUT2D eigenvalue weighted by molar-refractivity contribution is -0.121. The molecule has 0 saturated carbocycles. The van der Waals surface area contributed by atoms with Gasteiger partial charge in [-0.25, -0.2) is 4.98 Å². The van der Waals surface area contributed by atoms with Crippen molar-refractivity contribution in [3.63, 3.8) is 0 Å². The fourth-order valence-electron chi connectivity index (χ4n) is 3.42. The number of hydrogen-bond acceptors (Lipinski definition) is 5. The Hall–Kier alpha value is -3.29. The molecule has 0 aliphatic heterocycles. The summed E-state index contributed by atoms with van der Waals surface area (Å²) in [4.78, 5) is 30.4. The fourth-order valence-corrected chi connectivity index (χ4v) is 4.33. The predicted octanol–water partition coefficient (Wildman–Crippen LogP) is 3.94. The minimum absolute atomic E-state index is 0.0585. The number of aromatic nitrogens is 2. The second kappa shape index (κ2) is 9.68. The highest BCUT2D eigenvalue weighted by molar-refractivity contribution is 7.17. The van der Waals surface area contributed by atoms with Gasteiger partial charge in [-0.3, -0.25) is 14.2 Å². The van der Waals surface area contributed by atoms with Crippen LogP contribution in [0.5, 0.6) is 0 Å². The molecule has 2 aromatic heterocycles. The first kappa shape index (κ1) is 21.0. The number of fused-ring (bicyclic) bond motifs is 1. The number of methoxy groups -OCH3 is 1. The molecule has 1 amide bonds. The lowest BCUT2D eigenvalue weighted by Crippen LogP contribution is -2.33. The first-order chi connectivity index (χ1) is 15.2. The van der Waals surface area contributed by atoms with Crippen LogP contribution in [0.1, 0.15) is 6.42 Å². The van der Waals surface area contributed by atoms with Gasteiger partial charge in [0, 0.05) is 31.2 Å². The van der Waals surface area contributed by atoms with Crippen molar-refractivity contribution in [2.45, 2.75) is 13.0 Å². The molecule has 0 atom stereocenters. The number of rotatable bonds is 8. The quantitative estimate of drug-likeness (QED) is 0.427. The molecule has 4 aromatic rings. The van der Waals surface area contributed by atoms with Crippen molar-refractivity contribution in [2.24, 2.45) is 0 Å². The van der Waals surface area contributed by atoms with E-state index in [2.05, 4.69) is 34.6 Å². The Balaban J connectivity index is 1.59. The van der Waals surface area contributed by atoms with Crippen molar-refractivity contribution >= 4 is 27.5 Å². The van der Waals surface area contributed by atoms with Crippen molar-refractivity contribution in [2.75, 3.05) is 20.3 Å². The second-order valence-electron chi connectivity index (χ2n) is 7.15. The molecule has 4 rings (SSSR count). The van der Waals surface area contributed by atoms with Gasteiger partial charge in [-0.15, -0.1) is 11.3 Å². The largest absolute Gasteiger partial charge is 0.385 e. The summed E-state index contributed by atoms with van der Waals surface area (Å²) >= 11 is 1.43. The van der Waals surface area contributed by atoms with Crippen molar-refractivity contribution < 1.29 is 9.53 Å². The highest BCUT2D eigenvalue weighted by atomic mass is 32.1. The molecule has 0 aliphatic carbocycles. The van der Waals surface area contributed by atoms with Gasteiger partial charge in [0.25, 0.3) is 5.56 Å². The maximum atomic E-state index is 13.1. The molecule has 0 spiro atoms. The summed E-state index contributed by atoms with van der Waals surface area (Å²) in [6.45, 7) is 1.03. The summed E-state index contributed by atoms with van der Waals surface area (Å²) in [6, 6.07) is 18.3. The van der Waals surface area contributed by atoms with E-state index in [0.29, 0.717) is 23.4 Å². The van der Waals surface area contributed by atoms with Gasteiger partial charge < -0.3 is 10.1 Å². The molecule has 0 bridgehead atoms. The monoisotopic (exact) mass is 433 g/mol. The van der Waals surface area contributed by atoms with E-state index in [9.17, 15) is 9.59 Å². The first-order valence-electron chi connectivity index (χ1n) is 10.1. The lowest BCUT2D eigenvalue weighted by Gasteiger charge is -2.08. The summed E-state index contributed by atoms with van der Waals surface area (Å²) < 4.78 is 6.34. The van der Waals surface area contributed by atoms with Crippen molar-refractivity contribution in [1.29, 1.82) is 0 Å². The van der Waals surface area contributed by atoms with Crippen LogP contribution in [-0.4, -0.2) is 35.7 Å². The van der Waals surface area contributed by atoms with Crippen LogP contribution in [0.3, 0.4) is 0 Å². The zero-order chi connectivity index (χ0) is 21.6. The predicted molar refractivity (Wildman–Crippen MR) is 124 cm³/mol. The molecule has 0 radical (unpaired) electrons. The minimum Gasteiger partial charge on any atom is -0.385 e. The molecule has 2 aromatic carbocycles. The molecule has 6 nitrogen and oxygen atoms in total. The summed E-state index contributed by atoms with van der Waals surface area (Å²) in [5, 5.41) is 5.30. The Labute approximate surface area is 184 Å². The second-order valence-corrected chi connectivity index (χ2v) is 8.00. The number of thiophene rings is 1. The topological polar surface area (TPSA) is 73.2 Å². The zero-order valence-corrected chi connectivity index (χ0v) is 18.0. The van der Waals surface area contributed by atoms with E-state index < -0.39 is 0 Å². The third kappa shape index (κ3) is 4.73. The van der Waals surface area contributed by atoms with Gasteiger partial charge in [-0.2, -0.15) is 0 Å². The average Bonchev–Trinajstić information content (AvgIpc) is 3.24. The Morgan fingerprint density at radius 1 is 1.06 bits per heavy atom. The minimum atomic E-state index is -0.219. The van der Waals surface area contributed by atoms with Crippen LogP contribution in [0.25, 0.3) is 32.5 Å². The summed E-state index contributed by atoms with van der Waals surface area (Å²) in [6.07, 6.45) is 2.17. The van der Waals surface area contributed by atoms with Gasteiger partial charge in [0.15, 0.2) is 0 Å². The highest BCUT2D eigenvalue weighted by Gasteiger charge is 2.15. The SMILES string of the molecule is COCCCNC(=O)Cn1cnc2scc(-c3ccc(-c4ccccc4)cc3)c2c1=O. The average molecular weight is 434 g/mol. The van der Waals surface area contributed by atoms with Crippen molar-refractivity contribution in [3.8, 4) is 22.3 Å². The van der Waals surface area contributed by atoms with Gasteiger partial charge in [0.05, 0.1) is 11.7 Å². The van der Waals surface area contributed by atoms with Crippen molar-refractivity contribution in [3.05, 3.63) is 76.7 Å². The van der Waals surface area contributed by atoms with Crippen LogP contribution in [0, 0.1) is 0 Å². The molecular formula is C24H23N3O3S. The van der Waals surface area contributed by atoms with Crippen molar-refractivity contribution in [1.82, 2.24) is 14.9 Å². The number of carbonyl (C=O) groups is 1. The van der Waals surface area contributed by atoms with E-state index in [1.165, 1.54) is 22.2 Å². The van der Waals surface area contributed by atoms with Crippen LogP contribution < -0.4 is 10.9 Å². The van der Waals surface area contributed by atoms with Crippen LogP contribution in [0.2, 0.25) is 0 Å². The maximum Gasteiger partial charge on any atom is 0.263 e. The standard InChI is InChI=1S/C24H23N3O3S/c1-30-13-5-12-25-21(28)14-27-16-26-23-22(24(27)29)20(15-31-23)19-10-8-18(9-11-19)17-6-3-2-4-7-17/h2-4,6-11,15-16H,5,12-14H2,1H3,(H,25,28). The van der Waals surface area contributed by atoms with E-state index in [4.69, 9.17) is 4.74 Å². The number of nitrogens with zero attached hydrogens (tertiary/aromatic N) is 2. The summed E-state index contributed by atoms with van der Waals surface area (Å²) in [5.41, 5.74) is 3.84. The first-order valence-corrected chi connectivity index (χ1v) is 10.9. The molecular weight excluding hydrogens is 410 g/mol. The highest BCUT2D eigenvalue weighted by Crippen LogP contribution is 2.32. The molecule has 0 unspecified atom stereocenters. The number of ether oxygens (including phenoxy) is 1. The maximum absolute atomic E-state index is 13.1. The number of nitrogens with one attached hydrogen (secondary N) is 1. The van der Waals surface area contributed by atoms with Gasteiger partial charge in [0.1, 0.15) is 11.4 Å². The van der Waals surface area contributed by atoms with E-state index in [1.807, 2.05) is 35.7 Å². The van der Waals surface area contributed by atoms with Gasteiger partial charge in [-0.05, 0) is 23.1 Å². The number of hydrogen-bond donors (Lipinski definition) is 1. The molecule has 7 heteroatoms. The zero-order valence-electron chi connectivity index (χ0n) is 17.2. The number of carbonyl (C=O) groups excluding carboxylic acids is 1. The van der Waals surface area contributed by atoms with Gasteiger partial charge in [-0.1, -0.05) is 54.6 Å². The number of amides is 1. The molecule has 0 fully saturated rings. The van der Waals surface area contributed by atoms with Gasteiger partial charge >= 0.3 is 0 Å². The summed E-state index contributed by atoms with van der Waals surface area (Å²) in [5.74, 6) is -0.219. The van der Waals surface area contributed by atoms with Gasteiger partial charge in [0.2, 0.25) is 5.91 Å².